The smallest absolute Gasteiger partial charge is 0.302 e. The summed E-state index contributed by atoms with van der Waals surface area (Å²) in [6, 6.07) is 0. The van der Waals surface area contributed by atoms with Crippen molar-refractivity contribution in [3.8, 4) is 0 Å². The van der Waals surface area contributed by atoms with Crippen molar-refractivity contribution in [3.05, 3.63) is 0 Å². The summed E-state index contributed by atoms with van der Waals surface area (Å²) in [6.07, 6.45) is 2.90. The maximum absolute atomic E-state index is 12.4. The maximum atomic E-state index is 12.4. The van der Waals surface area contributed by atoms with Gasteiger partial charge in [0.1, 0.15) is 0 Å². The molecule has 0 radical (unpaired) electrons. The summed E-state index contributed by atoms with van der Waals surface area (Å²) in [5.74, 6) is -0.0636. The Morgan fingerprint density at radius 1 is 1.38 bits per heavy atom. The molecule has 3 unspecified atom stereocenters. The highest BCUT2D eigenvalue weighted by molar-refractivity contribution is 7.86. The van der Waals surface area contributed by atoms with Crippen LogP contribution in [-0.2, 0) is 15.0 Å². The van der Waals surface area contributed by atoms with E-state index in [2.05, 4.69) is 0 Å². The molecule has 3 nitrogen and oxygen atoms in total. The summed E-state index contributed by atoms with van der Waals surface area (Å²) in [5.41, 5.74) is 0. The van der Waals surface area contributed by atoms with Crippen LogP contribution in [0.15, 0.2) is 0 Å². The average molecular weight is 208 g/mol. The third-order valence-electron chi connectivity index (χ3n) is 3.05. The first-order valence-corrected chi connectivity index (χ1v) is 6.14. The van der Waals surface area contributed by atoms with Gasteiger partial charge in [0.2, 0.25) is 0 Å². The van der Waals surface area contributed by atoms with Gasteiger partial charge in [-0.2, -0.15) is 8.42 Å². The molecule has 0 aromatic rings. The van der Waals surface area contributed by atoms with Crippen LogP contribution < -0.4 is 0 Å². The Kier molecular flexibility index (Phi) is 2.32. The van der Waals surface area contributed by atoms with Gasteiger partial charge < -0.3 is 4.74 Å². The highest BCUT2D eigenvalue weighted by atomic mass is 32.3. The summed E-state index contributed by atoms with van der Waals surface area (Å²) in [5, 5.41) is 0. The van der Waals surface area contributed by atoms with Gasteiger partial charge >= 0.3 is 10.2 Å². The van der Waals surface area contributed by atoms with Gasteiger partial charge in [-0.05, 0) is 31.1 Å². The summed E-state index contributed by atoms with van der Waals surface area (Å²) in [6.45, 7) is 0.616. The fourth-order valence-corrected chi connectivity index (χ4v) is 3.32. The summed E-state index contributed by atoms with van der Waals surface area (Å²) in [7, 11) is -4.30. The van der Waals surface area contributed by atoms with Gasteiger partial charge in [-0.25, -0.2) is 0 Å². The molecule has 1 heterocycles. The van der Waals surface area contributed by atoms with Gasteiger partial charge in [0.25, 0.3) is 0 Å². The average Bonchev–Trinajstić information content (AvgIpc) is 2.37. The van der Waals surface area contributed by atoms with Gasteiger partial charge in [0.15, 0.2) is 0 Å². The predicted octanol–water partition coefficient (Wildman–Crippen LogP) is 1.10. The second-order valence-electron chi connectivity index (χ2n) is 3.99. The lowest BCUT2D eigenvalue weighted by molar-refractivity contribution is 0.107. The van der Waals surface area contributed by atoms with Crippen molar-refractivity contribution in [1.29, 1.82) is 0 Å². The van der Waals surface area contributed by atoms with Gasteiger partial charge in [0.05, 0.1) is 18.5 Å². The molecule has 1 aliphatic heterocycles. The van der Waals surface area contributed by atoms with Crippen molar-refractivity contribution in [2.45, 2.75) is 25.4 Å². The molecule has 2 bridgehead atoms. The van der Waals surface area contributed by atoms with Crippen LogP contribution in [0.25, 0.3) is 0 Å². The lowest BCUT2D eigenvalue weighted by atomic mass is 9.82. The third-order valence-corrected chi connectivity index (χ3v) is 3.88. The van der Waals surface area contributed by atoms with E-state index in [0.29, 0.717) is 12.7 Å². The van der Waals surface area contributed by atoms with Crippen molar-refractivity contribution in [1.82, 2.24) is 0 Å². The first-order valence-electron chi connectivity index (χ1n) is 4.58. The van der Waals surface area contributed by atoms with E-state index in [1.54, 1.807) is 0 Å². The zero-order valence-corrected chi connectivity index (χ0v) is 8.10. The molecule has 1 saturated carbocycles. The fourth-order valence-electron chi connectivity index (χ4n) is 2.37. The van der Waals surface area contributed by atoms with Crippen molar-refractivity contribution in [2.24, 2.45) is 11.8 Å². The summed E-state index contributed by atoms with van der Waals surface area (Å²) >= 11 is 0. The van der Waals surface area contributed by atoms with Gasteiger partial charge in [-0.3, -0.25) is 0 Å². The molecule has 5 heteroatoms. The second-order valence-corrected chi connectivity index (χ2v) is 5.41. The highest BCUT2D eigenvalue weighted by Crippen LogP contribution is 2.38. The Hall–Kier alpha value is -0.160. The van der Waals surface area contributed by atoms with Crippen LogP contribution >= 0.6 is 0 Å². The van der Waals surface area contributed by atoms with E-state index in [1.807, 2.05) is 0 Å². The van der Waals surface area contributed by atoms with Gasteiger partial charge in [0, 0.05) is 0 Å². The quantitative estimate of drug-likeness (QED) is 0.638. The molecule has 3 atom stereocenters. The molecule has 2 rings (SSSR count). The van der Waals surface area contributed by atoms with E-state index in [1.165, 1.54) is 0 Å². The van der Waals surface area contributed by atoms with Gasteiger partial charge in [-0.15, -0.1) is 3.89 Å². The van der Waals surface area contributed by atoms with Crippen LogP contribution in [0.2, 0.25) is 0 Å². The number of fused-ring (bicyclic) bond motifs is 2. The van der Waals surface area contributed by atoms with Crippen molar-refractivity contribution < 1.29 is 17.0 Å². The van der Waals surface area contributed by atoms with Crippen molar-refractivity contribution in [2.75, 3.05) is 12.4 Å². The minimum Gasteiger partial charge on any atom is -0.378 e. The Balaban J connectivity index is 2.00. The zero-order valence-electron chi connectivity index (χ0n) is 7.28. The molecule has 76 valence electrons. The van der Waals surface area contributed by atoms with Crippen LogP contribution in [0.4, 0.5) is 3.89 Å². The van der Waals surface area contributed by atoms with E-state index >= 15 is 0 Å². The molecular formula is C8H13FO3S. The van der Waals surface area contributed by atoms with E-state index in [0.717, 1.165) is 19.3 Å². The highest BCUT2D eigenvalue weighted by Gasteiger charge is 2.38. The minimum atomic E-state index is -4.30. The van der Waals surface area contributed by atoms with Crippen molar-refractivity contribution >= 4 is 10.2 Å². The molecule has 0 N–H and O–H groups in total. The second kappa shape index (κ2) is 3.20. The van der Waals surface area contributed by atoms with Crippen LogP contribution in [0, 0.1) is 11.8 Å². The Bertz CT molecular complexity index is 288. The third kappa shape index (κ3) is 2.20. The van der Waals surface area contributed by atoms with E-state index in [-0.39, 0.29) is 17.6 Å². The molecule has 13 heavy (non-hydrogen) atoms. The summed E-state index contributed by atoms with van der Waals surface area (Å²) < 4.78 is 38.8. The van der Waals surface area contributed by atoms with E-state index < -0.39 is 10.2 Å². The number of hydrogen-bond acceptors (Lipinski definition) is 3. The Morgan fingerprint density at radius 2 is 2.15 bits per heavy atom. The molecule has 1 aliphatic carbocycles. The lowest BCUT2D eigenvalue weighted by Crippen LogP contribution is -2.26. The number of ether oxygens (including phenoxy) is 1. The van der Waals surface area contributed by atoms with E-state index in [9.17, 15) is 12.3 Å². The number of halogens is 1. The monoisotopic (exact) mass is 208 g/mol. The Labute approximate surface area is 77.5 Å². The van der Waals surface area contributed by atoms with E-state index in [4.69, 9.17) is 4.74 Å². The molecule has 1 saturated heterocycles. The van der Waals surface area contributed by atoms with Crippen LogP contribution in [-0.4, -0.2) is 26.9 Å². The zero-order chi connectivity index (χ0) is 9.47. The lowest BCUT2D eigenvalue weighted by Gasteiger charge is -2.25. The molecule has 0 amide bonds. The largest absolute Gasteiger partial charge is 0.378 e. The molecule has 0 aromatic carbocycles. The molecular weight excluding hydrogens is 195 g/mol. The SMILES string of the molecule is O=S(=O)(F)CC1CCC2CC1CO2. The minimum absolute atomic E-state index is 0.0197. The Morgan fingerprint density at radius 3 is 2.85 bits per heavy atom. The summed E-state index contributed by atoms with van der Waals surface area (Å²) in [4.78, 5) is 0. The number of rotatable bonds is 2. The first-order chi connectivity index (χ1) is 6.04. The maximum Gasteiger partial charge on any atom is 0.302 e. The van der Waals surface area contributed by atoms with Crippen LogP contribution in [0.3, 0.4) is 0 Å². The first kappa shape index (κ1) is 9.40. The topological polar surface area (TPSA) is 43.4 Å². The molecule has 0 spiro atoms. The van der Waals surface area contributed by atoms with Crippen LogP contribution in [0.5, 0.6) is 0 Å². The number of hydrogen-bond donors (Lipinski definition) is 0. The van der Waals surface area contributed by atoms with Gasteiger partial charge in [-0.1, -0.05) is 0 Å². The fraction of sp³-hybridized carbons (Fsp3) is 1.00. The standard InChI is InChI=1S/C8H13FO3S/c9-13(10,11)5-6-1-2-8-3-7(6)4-12-8/h6-8H,1-5H2. The molecule has 2 aliphatic rings. The predicted molar refractivity (Wildman–Crippen MR) is 45.5 cm³/mol. The van der Waals surface area contributed by atoms with Crippen LogP contribution in [0.1, 0.15) is 19.3 Å². The van der Waals surface area contributed by atoms with Crippen molar-refractivity contribution in [3.63, 3.8) is 0 Å². The molecule has 2 fully saturated rings. The normalized spacial score (nSPS) is 39.3. The molecule has 0 aromatic heterocycles.